The van der Waals surface area contributed by atoms with Gasteiger partial charge in [-0.25, -0.2) is 0 Å². The van der Waals surface area contributed by atoms with Crippen molar-refractivity contribution in [2.75, 3.05) is 11.4 Å². The molecule has 98 valence electrons. The van der Waals surface area contributed by atoms with Crippen LogP contribution in [0.4, 0.5) is 18.9 Å². The Morgan fingerprint density at radius 3 is 2.56 bits per heavy atom. The number of carbonyl (C=O) groups is 1. The van der Waals surface area contributed by atoms with E-state index in [-0.39, 0.29) is 22.3 Å². The Labute approximate surface area is 107 Å². The quantitative estimate of drug-likeness (QED) is 0.783. The van der Waals surface area contributed by atoms with Gasteiger partial charge in [-0.2, -0.15) is 13.2 Å². The highest BCUT2D eigenvalue weighted by molar-refractivity contribution is 6.33. The van der Waals surface area contributed by atoms with Crippen LogP contribution in [0.2, 0.25) is 5.02 Å². The van der Waals surface area contributed by atoms with Gasteiger partial charge in [0.2, 0.25) is 0 Å². The van der Waals surface area contributed by atoms with Crippen molar-refractivity contribution < 1.29 is 18.0 Å². The zero-order valence-corrected chi connectivity index (χ0v) is 10.1. The topological polar surface area (TPSA) is 20.3 Å². The third kappa shape index (κ3) is 2.96. The number of hydrogen-bond acceptors (Lipinski definition) is 2. The summed E-state index contributed by atoms with van der Waals surface area (Å²) in [5.41, 5.74) is 0.382. The lowest BCUT2D eigenvalue weighted by Gasteiger charge is -2.27. The Morgan fingerprint density at radius 1 is 1.39 bits per heavy atom. The first-order chi connectivity index (χ1) is 8.42. The summed E-state index contributed by atoms with van der Waals surface area (Å²) in [6.45, 7) is -1.06. The van der Waals surface area contributed by atoms with Gasteiger partial charge in [-0.05, 0) is 25.0 Å². The van der Waals surface area contributed by atoms with Gasteiger partial charge >= 0.3 is 6.18 Å². The lowest BCUT2D eigenvalue weighted by atomic mass is 10.1. The van der Waals surface area contributed by atoms with E-state index in [1.54, 1.807) is 6.07 Å². The SMILES string of the molecule is O=Cc1c(Cl)cccc1N(CC(F)(F)F)C1CC1. The van der Waals surface area contributed by atoms with E-state index in [2.05, 4.69) is 0 Å². The number of alkyl halides is 3. The van der Waals surface area contributed by atoms with Gasteiger partial charge < -0.3 is 4.90 Å². The summed E-state index contributed by atoms with van der Waals surface area (Å²) in [5.74, 6) is 0. The molecule has 1 aliphatic carbocycles. The zero-order chi connectivity index (χ0) is 13.3. The van der Waals surface area contributed by atoms with E-state index in [9.17, 15) is 18.0 Å². The van der Waals surface area contributed by atoms with E-state index in [1.165, 1.54) is 17.0 Å². The molecule has 1 aliphatic rings. The highest BCUT2D eigenvalue weighted by atomic mass is 35.5. The highest BCUT2D eigenvalue weighted by Gasteiger charge is 2.39. The molecule has 0 atom stereocenters. The molecule has 1 aromatic carbocycles. The Morgan fingerprint density at radius 2 is 2.06 bits per heavy atom. The van der Waals surface area contributed by atoms with Crippen molar-refractivity contribution in [1.82, 2.24) is 0 Å². The fraction of sp³-hybridized carbons (Fsp3) is 0.417. The van der Waals surface area contributed by atoms with Gasteiger partial charge in [0.25, 0.3) is 0 Å². The van der Waals surface area contributed by atoms with E-state index < -0.39 is 12.7 Å². The van der Waals surface area contributed by atoms with Crippen LogP contribution in [-0.4, -0.2) is 25.0 Å². The number of rotatable bonds is 4. The first-order valence-corrected chi connectivity index (χ1v) is 5.87. The van der Waals surface area contributed by atoms with Crippen molar-refractivity contribution in [3.8, 4) is 0 Å². The lowest BCUT2D eigenvalue weighted by molar-refractivity contribution is -0.120. The van der Waals surface area contributed by atoms with Crippen LogP contribution in [0.25, 0.3) is 0 Å². The molecule has 1 saturated carbocycles. The molecule has 2 nitrogen and oxygen atoms in total. The average molecular weight is 278 g/mol. The number of benzene rings is 1. The van der Waals surface area contributed by atoms with Gasteiger partial charge in [0.05, 0.1) is 10.6 Å². The van der Waals surface area contributed by atoms with Crippen LogP contribution < -0.4 is 4.90 Å². The molecule has 0 aliphatic heterocycles. The molecule has 18 heavy (non-hydrogen) atoms. The van der Waals surface area contributed by atoms with Crippen LogP contribution in [0.15, 0.2) is 18.2 Å². The number of anilines is 1. The molecule has 0 N–H and O–H groups in total. The zero-order valence-electron chi connectivity index (χ0n) is 9.38. The maximum Gasteiger partial charge on any atom is 0.405 e. The average Bonchev–Trinajstić information content (AvgIpc) is 3.08. The smallest absolute Gasteiger partial charge is 0.359 e. The summed E-state index contributed by atoms with van der Waals surface area (Å²) in [6, 6.07) is 4.40. The molecule has 0 bridgehead atoms. The molecule has 0 unspecified atom stereocenters. The maximum atomic E-state index is 12.6. The number of halogens is 4. The first kappa shape index (κ1) is 13.2. The largest absolute Gasteiger partial charge is 0.405 e. The van der Waals surface area contributed by atoms with Gasteiger partial charge in [0, 0.05) is 11.7 Å². The molecule has 1 fully saturated rings. The van der Waals surface area contributed by atoms with Gasteiger partial charge in [-0.3, -0.25) is 4.79 Å². The van der Waals surface area contributed by atoms with Crippen LogP contribution >= 0.6 is 11.6 Å². The molecular weight excluding hydrogens is 267 g/mol. The third-order valence-corrected chi connectivity index (χ3v) is 3.12. The van der Waals surface area contributed by atoms with Gasteiger partial charge in [0.1, 0.15) is 6.54 Å². The fourth-order valence-electron chi connectivity index (χ4n) is 1.88. The minimum Gasteiger partial charge on any atom is -0.359 e. The molecule has 1 aromatic rings. The third-order valence-electron chi connectivity index (χ3n) is 2.79. The Hall–Kier alpha value is -1.23. The summed E-state index contributed by atoms with van der Waals surface area (Å²) in [4.78, 5) is 12.2. The summed E-state index contributed by atoms with van der Waals surface area (Å²) in [5, 5.41) is 0.176. The van der Waals surface area contributed by atoms with E-state index >= 15 is 0 Å². The Kier molecular flexibility index (Phi) is 3.52. The van der Waals surface area contributed by atoms with E-state index in [0.29, 0.717) is 19.1 Å². The van der Waals surface area contributed by atoms with Crippen LogP contribution in [0, 0.1) is 0 Å². The molecule has 0 heterocycles. The second-order valence-electron chi connectivity index (χ2n) is 4.26. The summed E-state index contributed by atoms with van der Waals surface area (Å²) in [7, 11) is 0. The minimum atomic E-state index is -4.30. The number of nitrogens with zero attached hydrogens (tertiary/aromatic N) is 1. The second kappa shape index (κ2) is 4.80. The number of aldehydes is 1. The highest BCUT2D eigenvalue weighted by Crippen LogP contribution is 2.37. The summed E-state index contributed by atoms with van der Waals surface area (Å²) < 4.78 is 37.7. The summed E-state index contributed by atoms with van der Waals surface area (Å²) in [6.07, 6.45) is -2.38. The van der Waals surface area contributed by atoms with Crippen molar-refractivity contribution in [3.63, 3.8) is 0 Å². The Balaban J connectivity index is 2.36. The van der Waals surface area contributed by atoms with E-state index in [1.807, 2.05) is 0 Å². The molecule has 6 heteroatoms. The van der Waals surface area contributed by atoms with Gasteiger partial charge in [-0.1, -0.05) is 17.7 Å². The molecule has 0 spiro atoms. The minimum absolute atomic E-state index is 0.121. The van der Waals surface area contributed by atoms with Crippen LogP contribution in [-0.2, 0) is 0 Å². The van der Waals surface area contributed by atoms with Crippen molar-refractivity contribution in [2.45, 2.75) is 25.1 Å². The van der Waals surface area contributed by atoms with Crippen molar-refractivity contribution in [1.29, 1.82) is 0 Å². The molecule has 0 saturated heterocycles. The van der Waals surface area contributed by atoms with Gasteiger partial charge in [-0.15, -0.1) is 0 Å². The molecule has 0 radical (unpaired) electrons. The normalized spacial score (nSPS) is 15.6. The molecule has 0 amide bonds. The van der Waals surface area contributed by atoms with E-state index in [0.717, 1.165) is 0 Å². The molecule has 0 aromatic heterocycles. The van der Waals surface area contributed by atoms with Crippen molar-refractivity contribution >= 4 is 23.6 Å². The van der Waals surface area contributed by atoms with Crippen LogP contribution in [0.1, 0.15) is 23.2 Å². The lowest BCUT2D eigenvalue weighted by Crippen LogP contribution is -2.36. The predicted octanol–water partition coefficient (Wildman–Crippen LogP) is 3.68. The monoisotopic (exact) mass is 277 g/mol. The Bertz CT molecular complexity index is 457. The second-order valence-corrected chi connectivity index (χ2v) is 4.67. The van der Waals surface area contributed by atoms with Crippen molar-refractivity contribution in [3.05, 3.63) is 28.8 Å². The fourth-order valence-corrected chi connectivity index (χ4v) is 2.10. The molecular formula is C12H11ClF3NO. The molecule has 2 rings (SSSR count). The first-order valence-electron chi connectivity index (χ1n) is 5.49. The van der Waals surface area contributed by atoms with Crippen LogP contribution in [0.3, 0.4) is 0 Å². The number of carbonyl (C=O) groups excluding carboxylic acids is 1. The maximum absolute atomic E-state index is 12.6. The van der Waals surface area contributed by atoms with Crippen molar-refractivity contribution in [2.24, 2.45) is 0 Å². The van der Waals surface area contributed by atoms with E-state index in [4.69, 9.17) is 11.6 Å². The predicted molar refractivity (Wildman–Crippen MR) is 63.3 cm³/mol. The number of hydrogen-bond donors (Lipinski definition) is 0. The van der Waals surface area contributed by atoms with Crippen LogP contribution in [0.5, 0.6) is 0 Å². The van der Waals surface area contributed by atoms with Gasteiger partial charge in [0.15, 0.2) is 6.29 Å². The summed E-state index contributed by atoms with van der Waals surface area (Å²) >= 11 is 5.83. The standard InChI is InChI=1S/C12H11ClF3NO/c13-10-2-1-3-11(9(10)6-18)17(8-4-5-8)7-12(14,15)16/h1-3,6,8H,4-5,7H2.